The third kappa shape index (κ3) is 12.0. The molecule has 34 heavy (non-hydrogen) atoms. The van der Waals surface area contributed by atoms with Crippen molar-refractivity contribution in [3.05, 3.63) is 35.9 Å². The van der Waals surface area contributed by atoms with Gasteiger partial charge in [0.2, 0.25) is 11.8 Å². The van der Waals surface area contributed by atoms with E-state index in [0.717, 1.165) is 5.56 Å². The number of hydrogen-bond acceptors (Lipinski definition) is 7. The first-order valence-corrected chi connectivity index (χ1v) is 10.3. The van der Waals surface area contributed by atoms with Gasteiger partial charge in [-0.2, -0.15) is 0 Å². The van der Waals surface area contributed by atoms with Crippen LogP contribution < -0.4 is 16.0 Å². The first-order valence-electron chi connectivity index (χ1n) is 10.3. The van der Waals surface area contributed by atoms with E-state index in [1.54, 1.807) is 24.3 Å². The zero-order chi connectivity index (χ0) is 25.5. The minimum absolute atomic E-state index is 0.0779. The van der Waals surface area contributed by atoms with Crippen LogP contribution in [0.3, 0.4) is 0 Å². The maximum absolute atomic E-state index is 12.0. The minimum Gasteiger partial charge on any atom is -0.481 e. The number of ether oxygens (including phenoxy) is 1. The van der Waals surface area contributed by atoms with Crippen molar-refractivity contribution in [2.45, 2.75) is 50.8 Å². The molecule has 0 bridgehead atoms. The molecule has 0 heterocycles. The molecule has 2 atom stereocenters. The number of aliphatic carboxylic acids is 3. The van der Waals surface area contributed by atoms with Crippen molar-refractivity contribution in [3.63, 3.8) is 0 Å². The molecule has 0 aliphatic heterocycles. The third-order valence-electron chi connectivity index (χ3n) is 4.37. The van der Waals surface area contributed by atoms with Gasteiger partial charge in [0.1, 0.15) is 18.7 Å². The van der Waals surface area contributed by atoms with Gasteiger partial charge < -0.3 is 36.0 Å². The monoisotopic (exact) mass is 481 g/mol. The highest BCUT2D eigenvalue weighted by atomic mass is 16.5. The zero-order valence-corrected chi connectivity index (χ0v) is 18.2. The summed E-state index contributed by atoms with van der Waals surface area (Å²) in [5, 5.41) is 33.5. The summed E-state index contributed by atoms with van der Waals surface area (Å²) in [5.74, 6) is -5.91. The highest BCUT2D eigenvalue weighted by Crippen LogP contribution is 2.02. The maximum atomic E-state index is 12.0. The summed E-state index contributed by atoms with van der Waals surface area (Å²) < 4.78 is 5.01. The van der Waals surface area contributed by atoms with Gasteiger partial charge in [0.25, 0.3) is 0 Å². The Morgan fingerprint density at radius 1 is 0.824 bits per heavy atom. The van der Waals surface area contributed by atoms with Crippen molar-refractivity contribution >= 4 is 35.8 Å². The number of rotatable bonds is 15. The fourth-order valence-corrected chi connectivity index (χ4v) is 2.64. The van der Waals surface area contributed by atoms with Crippen LogP contribution in [0.5, 0.6) is 0 Å². The first-order chi connectivity index (χ1) is 16.1. The average molecular weight is 481 g/mol. The highest BCUT2D eigenvalue weighted by molar-refractivity contribution is 5.90. The zero-order valence-electron chi connectivity index (χ0n) is 18.2. The van der Waals surface area contributed by atoms with Gasteiger partial charge in [-0.1, -0.05) is 30.3 Å². The normalized spacial score (nSPS) is 12.0. The first kappa shape index (κ1) is 27.9. The number of alkyl carbamates (subject to hydrolysis) is 1. The van der Waals surface area contributed by atoms with Gasteiger partial charge in [0.15, 0.2) is 0 Å². The molecule has 0 aliphatic rings. The van der Waals surface area contributed by atoms with Gasteiger partial charge in [0.05, 0.1) is 6.42 Å². The maximum Gasteiger partial charge on any atom is 0.407 e. The molecule has 6 N–H and O–H groups in total. The second-order valence-corrected chi connectivity index (χ2v) is 7.15. The lowest BCUT2D eigenvalue weighted by atomic mass is 10.1. The number of benzene rings is 1. The highest BCUT2D eigenvalue weighted by Gasteiger charge is 2.26. The lowest BCUT2D eigenvalue weighted by Crippen LogP contribution is -2.47. The van der Waals surface area contributed by atoms with Crippen molar-refractivity contribution in [3.8, 4) is 0 Å². The molecule has 1 rings (SSSR count). The van der Waals surface area contributed by atoms with Crippen molar-refractivity contribution < 1.29 is 48.8 Å². The van der Waals surface area contributed by atoms with Crippen molar-refractivity contribution in [1.29, 1.82) is 0 Å². The molecule has 0 spiro atoms. The summed E-state index contributed by atoms with van der Waals surface area (Å²) in [6, 6.07) is 5.86. The van der Waals surface area contributed by atoms with Crippen LogP contribution in [0.4, 0.5) is 4.79 Å². The van der Waals surface area contributed by atoms with Gasteiger partial charge in [0, 0.05) is 19.4 Å². The Bertz CT molecular complexity index is 875. The number of carbonyl (C=O) groups excluding carboxylic acids is 3. The van der Waals surface area contributed by atoms with E-state index < -0.39 is 60.7 Å². The van der Waals surface area contributed by atoms with E-state index in [0.29, 0.717) is 0 Å². The fourth-order valence-electron chi connectivity index (χ4n) is 2.64. The van der Waals surface area contributed by atoms with Crippen LogP contribution in [0.15, 0.2) is 30.3 Å². The Kier molecular flexibility index (Phi) is 12.1. The second kappa shape index (κ2) is 14.8. The molecule has 3 amide bonds. The molecule has 13 nitrogen and oxygen atoms in total. The number of carbonyl (C=O) groups is 6. The Balaban J connectivity index is 2.37. The van der Waals surface area contributed by atoms with Gasteiger partial charge in [-0.25, -0.2) is 14.4 Å². The van der Waals surface area contributed by atoms with Crippen molar-refractivity contribution in [2.75, 3.05) is 6.54 Å². The van der Waals surface area contributed by atoms with Crippen LogP contribution in [0.1, 0.15) is 37.7 Å². The molecule has 0 saturated heterocycles. The number of hydrogen-bond donors (Lipinski definition) is 6. The van der Waals surface area contributed by atoms with Crippen LogP contribution in [0.25, 0.3) is 0 Å². The van der Waals surface area contributed by atoms with Crippen LogP contribution >= 0.6 is 0 Å². The van der Waals surface area contributed by atoms with Crippen LogP contribution in [-0.2, 0) is 35.3 Å². The molecule has 186 valence electrons. The standard InChI is InChI=1S/C21H27N3O10/c25-16(7-4-10-22-21(33)34-12-13-5-2-1-3-6-13)24-15(20(31)32)11-17(26)23-14(19(29)30)8-9-18(27)28/h1-3,5-6,14-15H,4,7-12H2,(H,22,33)(H,23,26)(H,24,25)(H,27,28)(H,29,30)(H,31,32)/t14-,15-/m0/s1. The SMILES string of the molecule is O=C(O)CC[C@H](NC(=O)C[C@H](NC(=O)CCCNC(=O)OCc1ccccc1)C(=O)O)C(=O)O. The summed E-state index contributed by atoms with van der Waals surface area (Å²) in [5.41, 5.74) is 0.803. The van der Waals surface area contributed by atoms with E-state index in [2.05, 4.69) is 10.6 Å². The summed E-state index contributed by atoms with van der Waals surface area (Å²) in [6.07, 6.45) is -2.31. The third-order valence-corrected chi connectivity index (χ3v) is 4.37. The van der Waals surface area contributed by atoms with E-state index in [9.17, 15) is 33.9 Å². The molecule has 1 aromatic carbocycles. The Morgan fingerprint density at radius 3 is 2.03 bits per heavy atom. The number of amides is 3. The Labute approximate surface area is 194 Å². The lowest BCUT2D eigenvalue weighted by Gasteiger charge is -2.17. The molecule has 13 heteroatoms. The van der Waals surface area contributed by atoms with Crippen LogP contribution in [-0.4, -0.2) is 69.8 Å². The van der Waals surface area contributed by atoms with E-state index in [1.165, 1.54) is 0 Å². The van der Waals surface area contributed by atoms with Gasteiger partial charge in [-0.3, -0.25) is 14.4 Å². The molecule has 0 unspecified atom stereocenters. The molecule has 0 fully saturated rings. The minimum atomic E-state index is -1.62. The quantitative estimate of drug-likeness (QED) is 0.186. The Hall–Kier alpha value is -4.16. The van der Waals surface area contributed by atoms with E-state index in [1.807, 2.05) is 11.4 Å². The van der Waals surface area contributed by atoms with Crippen LogP contribution in [0, 0.1) is 0 Å². The van der Waals surface area contributed by atoms with Crippen molar-refractivity contribution in [2.24, 2.45) is 0 Å². The molecule has 0 aromatic heterocycles. The van der Waals surface area contributed by atoms with Crippen LogP contribution in [0.2, 0.25) is 0 Å². The molecule has 0 aliphatic carbocycles. The smallest absolute Gasteiger partial charge is 0.407 e. The Morgan fingerprint density at radius 2 is 1.44 bits per heavy atom. The summed E-state index contributed by atoms with van der Waals surface area (Å²) in [6.45, 7) is 0.164. The molecular weight excluding hydrogens is 454 g/mol. The average Bonchev–Trinajstić information content (AvgIpc) is 2.78. The molecule has 0 radical (unpaired) electrons. The topological polar surface area (TPSA) is 208 Å². The molecular formula is C21H27N3O10. The van der Waals surface area contributed by atoms with Gasteiger partial charge >= 0.3 is 24.0 Å². The van der Waals surface area contributed by atoms with Crippen molar-refractivity contribution in [1.82, 2.24) is 16.0 Å². The van der Waals surface area contributed by atoms with E-state index in [-0.39, 0.29) is 32.4 Å². The predicted molar refractivity (Wildman–Crippen MR) is 114 cm³/mol. The largest absolute Gasteiger partial charge is 0.481 e. The fraction of sp³-hybridized carbons (Fsp3) is 0.429. The summed E-state index contributed by atoms with van der Waals surface area (Å²) in [4.78, 5) is 68.7. The molecule has 1 aromatic rings. The van der Waals surface area contributed by atoms with E-state index in [4.69, 9.17) is 14.9 Å². The lowest BCUT2D eigenvalue weighted by molar-refractivity contribution is -0.145. The number of carboxylic acids is 3. The molecule has 0 saturated carbocycles. The summed E-state index contributed by atoms with van der Waals surface area (Å²) in [7, 11) is 0. The number of carboxylic acid groups (broad SMARTS) is 3. The second-order valence-electron chi connectivity index (χ2n) is 7.15. The summed E-state index contributed by atoms with van der Waals surface area (Å²) >= 11 is 0. The van der Waals surface area contributed by atoms with Gasteiger partial charge in [-0.15, -0.1) is 0 Å². The van der Waals surface area contributed by atoms with Gasteiger partial charge in [-0.05, 0) is 18.4 Å². The predicted octanol–water partition coefficient (Wildman–Crippen LogP) is 0.0867. The van der Waals surface area contributed by atoms with E-state index >= 15 is 0 Å². The number of nitrogens with one attached hydrogen (secondary N) is 3.